The number of furan rings is 1. The van der Waals surface area contributed by atoms with Crippen molar-refractivity contribution in [3.05, 3.63) is 107 Å². The molecule has 5 aromatic carbocycles. The minimum absolute atomic E-state index is 0.00870. The van der Waals surface area contributed by atoms with Crippen LogP contribution in [0.4, 0.5) is 22.7 Å². The van der Waals surface area contributed by atoms with Crippen molar-refractivity contribution < 1.29 is 4.42 Å². The Morgan fingerprint density at radius 1 is 0.574 bits per heavy atom. The van der Waals surface area contributed by atoms with E-state index in [-0.39, 0.29) is 39.5 Å². The molecule has 6 aliphatic rings. The summed E-state index contributed by atoms with van der Waals surface area (Å²) in [7, 11) is 0. The standard InChI is InChI=1S/C56H60BN3O/c1-51(2,3)33-27-37-46-36-19-11-14-22-45(36)61-50(46)58-43-31-35(59-42-21-13-12-20-38(42)53(7)23-15-17-25-55(53,59)9)32-44-47(43)57(40(29-33)48(37)58)41-30-34(52(4,5)6)28-39-49(41)60(44)56(10)26-18-16-24-54(39,56)8/h11-14,19-22,27-32H,15-18,23-26H2,1-10H3. The van der Waals surface area contributed by atoms with Gasteiger partial charge in [0.1, 0.15) is 5.58 Å². The molecule has 6 heterocycles. The highest BCUT2D eigenvalue weighted by atomic mass is 16.3. The van der Waals surface area contributed by atoms with Gasteiger partial charge < -0.3 is 14.2 Å². The SMILES string of the molecule is CC(C)(C)c1cc2c3c(c1)C1(C)CCCCC1(C)N3c1cc(N3c4ccccc4C4(C)CCCCC34C)cc3c1B2c1cc(C(C)(C)C)cc2c4c5ccccc5oc4n-3c12. The van der Waals surface area contributed by atoms with Crippen LogP contribution >= 0.6 is 0 Å². The monoisotopic (exact) mass is 801 g/mol. The van der Waals surface area contributed by atoms with Gasteiger partial charge in [-0.3, -0.25) is 4.57 Å². The van der Waals surface area contributed by atoms with E-state index in [4.69, 9.17) is 4.42 Å². The van der Waals surface area contributed by atoms with Crippen molar-refractivity contribution in [3.63, 3.8) is 0 Å². The Labute approximate surface area is 362 Å². The molecule has 5 heteroatoms. The van der Waals surface area contributed by atoms with E-state index in [1.54, 1.807) is 5.56 Å². The second kappa shape index (κ2) is 11.2. The zero-order valence-electron chi connectivity index (χ0n) is 38.1. The van der Waals surface area contributed by atoms with E-state index in [0.717, 1.165) is 11.3 Å². The van der Waals surface area contributed by atoms with Crippen LogP contribution < -0.4 is 26.2 Å². The van der Waals surface area contributed by atoms with Crippen LogP contribution in [-0.4, -0.2) is 22.4 Å². The number of aromatic nitrogens is 1. The summed E-state index contributed by atoms with van der Waals surface area (Å²) >= 11 is 0. The average Bonchev–Trinajstić information content (AvgIpc) is 3.88. The molecule has 308 valence electrons. The Kier molecular flexibility index (Phi) is 6.73. The number of fused-ring (bicyclic) bond motifs is 15. The van der Waals surface area contributed by atoms with Crippen molar-refractivity contribution in [1.82, 2.24) is 4.57 Å². The Bertz CT molecular complexity index is 3120. The fourth-order valence-electron chi connectivity index (χ4n) is 14.4. The summed E-state index contributed by atoms with van der Waals surface area (Å²) in [6, 6.07) is 33.9. The molecule has 0 bridgehead atoms. The molecule has 4 nitrogen and oxygen atoms in total. The van der Waals surface area contributed by atoms with Crippen LogP contribution in [0, 0.1) is 0 Å². The molecule has 4 atom stereocenters. The lowest BCUT2D eigenvalue weighted by Crippen LogP contribution is -2.64. The van der Waals surface area contributed by atoms with Crippen LogP contribution in [0.1, 0.15) is 143 Å². The van der Waals surface area contributed by atoms with Crippen LogP contribution in [0.25, 0.3) is 38.7 Å². The third kappa shape index (κ3) is 4.17. The molecule has 0 saturated heterocycles. The van der Waals surface area contributed by atoms with Crippen molar-refractivity contribution in [1.29, 1.82) is 0 Å². The first-order chi connectivity index (χ1) is 29.0. The molecule has 2 saturated carbocycles. The molecule has 0 amide bonds. The van der Waals surface area contributed by atoms with Gasteiger partial charge in [0.15, 0.2) is 0 Å². The first kappa shape index (κ1) is 36.7. The van der Waals surface area contributed by atoms with Crippen molar-refractivity contribution in [2.45, 2.75) is 153 Å². The van der Waals surface area contributed by atoms with Gasteiger partial charge in [0, 0.05) is 50.0 Å². The van der Waals surface area contributed by atoms with E-state index in [9.17, 15) is 0 Å². The number of hydrogen-bond acceptors (Lipinski definition) is 3. The lowest BCUT2D eigenvalue weighted by atomic mass is 9.33. The summed E-state index contributed by atoms with van der Waals surface area (Å²) in [6.45, 7) is 24.9. The predicted octanol–water partition coefficient (Wildman–Crippen LogP) is 12.8. The largest absolute Gasteiger partial charge is 0.439 e. The lowest BCUT2D eigenvalue weighted by Gasteiger charge is -2.53. The highest BCUT2D eigenvalue weighted by Gasteiger charge is 2.63. The van der Waals surface area contributed by atoms with Crippen LogP contribution in [0.15, 0.2) is 89.3 Å². The Hall–Kier alpha value is -4.90. The van der Waals surface area contributed by atoms with Gasteiger partial charge in [0.05, 0.1) is 22.0 Å². The summed E-state index contributed by atoms with van der Waals surface area (Å²) in [5.74, 6) is 0. The van der Waals surface area contributed by atoms with Crippen LogP contribution in [0.5, 0.6) is 0 Å². The van der Waals surface area contributed by atoms with Crippen LogP contribution in [-0.2, 0) is 21.7 Å². The molecule has 13 rings (SSSR count). The average molecular weight is 802 g/mol. The Balaban J connectivity index is 1.23. The second-order valence-electron chi connectivity index (χ2n) is 23.2. The van der Waals surface area contributed by atoms with Crippen molar-refractivity contribution >= 4 is 78.8 Å². The third-order valence-corrected chi connectivity index (χ3v) is 18.2. The number of para-hydroxylation sites is 2. The molecule has 0 radical (unpaired) electrons. The number of hydrogen-bond donors (Lipinski definition) is 0. The normalized spacial score (nSPS) is 27.1. The smallest absolute Gasteiger partial charge is 0.252 e. The van der Waals surface area contributed by atoms with E-state index in [2.05, 4.69) is 169 Å². The van der Waals surface area contributed by atoms with Crippen molar-refractivity contribution in [2.75, 3.05) is 9.80 Å². The molecular weight excluding hydrogens is 741 g/mol. The number of rotatable bonds is 1. The Morgan fingerprint density at radius 3 is 1.92 bits per heavy atom. The first-order valence-electron chi connectivity index (χ1n) is 23.6. The highest BCUT2D eigenvalue weighted by molar-refractivity contribution is 7.00. The maximum Gasteiger partial charge on any atom is 0.252 e. The molecular formula is C56H60BN3O. The van der Waals surface area contributed by atoms with Crippen LogP contribution in [0.2, 0.25) is 0 Å². The molecule has 0 N–H and O–H groups in total. The van der Waals surface area contributed by atoms with E-state index < -0.39 is 0 Å². The fourth-order valence-corrected chi connectivity index (χ4v) is 14.4. The van der Waals surface area contributed by atoms with E-state index >= 15 is 0 Å². The molecule has 61 heavy (non-hydrogen) atoms. The minimum atomic E-state index is -0.0728. The van der Waals surface area contributed by atoms with Gasteiger partial charge in [-0.2, -0.15) is 0 Å². The van der Waals surface area contributed by atoms with Gasteiger partial charge in [-0.15, -0.1) is 0 Å². The number of benzene rings is 5. The molecule has 2 aliphatic carbocycles. The van der Waals surface area contributed by atoms with E-state index in [1.165, 1.54) is 135 Å². The molecule has 0 spiro atoms. The zero-order valence-corrected chi connectivity index (χ0v) is 38.1. The summed E-state index contributed by atoms with van der Waals surface area (Å²) in [6.07, 6.45) is 9.86. The third-order valence-electron chi connectivity index (χ3n) is 18.2. The fraction of sp³-hybridized carbons (Fsp3) is 0.429. The highest BCUT2D eigenvalue weighted by Crippen LogP contribution is 2.64. The summed E-state index contributed by atoms with van der Waals surface area (Å²) in [5.41, 5.74) is 20.4. The minimum Gasteiger partial charge on any atom is -0.439 e. The summed E-state index contributed by atoms with van der Waals surface area (Å²) < 4.78 is 9.75. The molecule has 2 aromatic heterocycles. The molecule has 4 unspecified atom stereocenters. The quantitative estimate of drug-likeness (QED) is 0.155. The van der Waals surface area contributed by atoms with E-state index in [0.29, 0.717) is 0 Å². The van der Waals surface area contributed by atoms with Gasteiger partial charge in [0.25, 0.3) is 6.71 Å². The summed E-state index contributed by atoms with van der Waals surface area (Å²) in [5, 5.41) is 3.76. The predicted molar refractivity (Wildman–Crippen MR) is 258 cm³/mol. The zero-order chi connectivity index (χ0) is 42.0. The van der Waals surface area contributed by atoms with Gasteiger partial charge in [-0.25, -0.2) is 0 Å². The van der Waals surface area contributed by atoms with Gasteiger partial charge >= 0.3 is 0 Å². The maximum atomic E-state index is 7.16. The Morgan fingerprint density at radius 2 is 1.18 bits per heavy atom. The van der Waals surface area contributed by atoms with Crippen molar-refractivity contribution in [3.8, 4) is 5.69 Å². The molecule has 7 aromatic rings. The number of nitrogens with zero attached hydrogens (tertiary/aromatic N) is 3. The van der Waals surface area contributed by atoms with Crippen LogP contribution in [0.3, 0.4) is 0 Å². The second-order valence-corrected chi connectivity index (χ2v) is 23.2. The molecule has 4 aliphatic heterocycles. The van der Waals surface area contributed by atoms with Crippen molar-refractivity contribution in [2.24, 2.45) is 0 Å². The molecule has 2 fully saturated rings. The van der Waals surface area contributed by atoms with E-state index in [1.807, 2.05) is 0 Å². The maximum absolute atomic E-state index is 7.16. The van der Waals surface area contributed by atoms with Gasteiger partial charge in [-0.05, 0) is 119 Å². The topological polar surface area (TPSA) is 24.6 Å². The number of anilines is 4. The van der Waals surface area contributed by atoms with Gasteiger partial charge in [-0.1, -0.05) is 136 Å². The van der Waals surface area contributed by atoms with Gasteiger partial charge in [0.2, 0.25) is 5.71 Å². The summed E-state index contributed by atoms with van der Waals surface area (Å²) in [4.78, 5) is 5.75. The lowest BCUT2D eigenvalue weighted by molar-refractivity contribution is 0.194. The first-order valence-corrected chi connectivity index (χ1v) is 23.6.